The number of nitrogens with zero attached hydrogens (tertiary/aromatic N) is 2. The van der Waals surface area contributed by atoms with Crippen molar-refractivity contribution in [2.24, 2.45) is 0 Å². The summed E-state index contributed by atoms with van der Waals surface area (Å²) in [6, 6.07) is 3.96. The van der Waals surface area contributed by atoms with Crippen LogP contribution in [0.2, 0.25) is 0 Å². The molecule has 1 aromatic carbocycles. The molecule has 0 bridgehead atoms. The maximum Gasteiger partial charge on any atom is 0.262 e. The average molecular weight is 366 g/mol. The zero-order valence-electron chi connectivity index (χ0n) is 15.4. The molecule has 5 heteroatoms. The molecule has 0 amide bonds. The second kappa shape index (κ2) is 6.47. The normalized spacial score (nSPS) is 13.8. The molecule has 0 spiro atoms. The molecular weight excluding hydrogens is 344 g/mol. The van der Waals surface area contributed by atoms with Gasteiger partial charge < -0.3 is 0 Å². The Bertz CT molecular complexity index is 1090. The fourth-order valence-electron chi connectivity index (χ4n) is 3.79. The number of rotatable bonds is 3. The lowest BCUT2D eigenvalue weighted by Crippen LogP contribution is -2.25. The van der Waals surface area contributed by atoms with Crippen LogP contribution in [0.4, 0.5) is 0 Å². The lowest BCUT2D eigenvalue weighted by atomic mass is 9.97. The van der Waals surface area contributed by atoms with Crippen LogP contribution in [0.25, 0.3) is 10.2 Å². The third-order valence-corrected chi connectivity index (χ3v) is 6.60. The van der Waals surface area contributed by atoms with Crippen LogP contribution in [0.5, 0.6) is 0 Å². The number of thiophene rings is 1. The fraction of sp³-hybridized carbons (Fsp3) is 0.381. The number of carbonyl (C=O) groups excluding carboxylic acids is 1. The van der Waals surface area contributed by atoms with E-state index in [-0.39, 0.29) is 17.9 Å². The first kappa shape index (κ1) is 17.2. The molecule has 0 fully saturated rings. The van der Waals surface area contributed by atoms with Crippen molar-refractivity contribution in [3.05, 3.63) is 61.5 Å². The van der Waals surface area contributed by atoms with Gasteiger partial charge in [0.1, 0.15) is 4.83 Å². The highest BCUT2D eigenvalue weighted by molar-refractivity contribution is 7.18. The highest BCUT2D eigenvalue weighted by atomic mass is 32.1. The van der Waals surface area contributed by atoms with E-state index in [2.05, 4.69) is 4.98 Å². The Labute approximate surface area is 156 Å². The van der Waals surface area contributed by atoms with Crippen LogP contribution < -0.4 is 5.56 Å². The number of Topliss-reactive ketones (excluding diaryl/α,β-unsaturated/α-hetero) is 1. The first-order valence-electron chi connectivity index (χ1n) is 9.06. The van der Waals surface area contributed by atoms with Crippen molar-refractivity contribution in [2.45, 2.75) is 53.0 Å². The van der Waals surface area contributed by atoms with Gasteiger partial charge in [-0.15, -0.1) is 11.3 Å². The first-order valence-corrected chi connectivity index (χ1v) is 9.88. The standard InChI is InChI=1S/C21H22N2O2S/c1-12-8-14(3)16(9-13(12)2)17(24)10-23-11-22-20-19(21(23)25)15-6-4-5-7-18(15)26-20/h8-9,11H,4-7,10H2,1-3H3. The van der Waals surface area contributed by atoms with Crippen molar-refractivity contribution in [3.63, 3.8) is 0 Å². The Morgan fingerprint density at radius 3 is 2.65 bits per heavy atom. The van der Waals surface area contributed by atoms with Gasteiger partial charge in [0.05, 0.1) is 18.3 Å². The molecule has 0 unspecified atom stereocenters. The number of hydrogen-bond donors (Lipinski definition) is 0. The number of aromatic nitrogens is 2. The predicted octanol–water partition coefficient (Wildman–Crippen LogP) is 4.14. The Hall–Kier alpha value is -2.27. The summed E-state index contributed by atoms with van der Waals surface area (Å²) in [5.41, 5.74) is 4.98. The minimum absolute atomic E-state index is 0.0374. The number of aryl methyl sites for hydroxylation is 5. The molecular formula is C21H22N2O2S. The van der Waals surface area contributed by atoms with E-state index in [4.69, 9.17) is 0 Å². The molecule has 0 radical (unpaired) electrons. The fourth-order valence-corrected chi connectivity index (χ4v) is 5.01. The van der Waals surface area contributed by atoms with E-state index < -0.39 is 0 Å². The first-order chi connectivity index (χ1) is 12.5. The summed E-state index contributed by atoms with van der Waals surface area (Å²) in [7, 11) is 0. The van der Waals surface area contributed by atoms with Crippen LogP contribution in [0, 0.1) is 20.8 Å². The van der Waals surface area contributed by atoms with Crippen molar-refractivity contribution in [2.75, 3.05) is 0 Å². The summed E-state index contributed by atoms with van der Waals surface area (Å²) in [6.07, 6.45) is 5.81. The molecule has 0 aliphatic heterocycles. The van der Waals surface area contributed by atoms with Crippen molar-refractivity contribution < 1.29 is 4.79 Å². The van der Waals surface area contributed by atoms with E-state index in [0.717, 1.165) is 46.2 Å². The second-order valence-corrected chi connectivity index (χ2v) is 8.33. The largest absolute Gasteiger partial charge is 0.292 e. The predicted molar refractivity (Wildman–Crippen MR) is 106 cm³/mol. The van der Waals surface area contributed by atoms with Gasteiger partial charge in [-0.1, -0.05) is 6.07 Å². The topological polar surface area (TPSA) is 52.0 Å². The Kier molecular flexibility index (Phi) is 4.27. The molecule has 1 aliphatic rings. The molecule has 0 atom stereocenters. The lowest BCUT2D eigenvalue weighted by molar-refractivity contribution is 0.0970. The van der Waals surface area contributed by atoms with Crippen LogP contribution in [-0.2, 0) is 19.4 Å². The summed E-state index contributed by atoms with van der Waals surface area (Å²) in [6.45, 7) is 6.02. The smallest absolute Gasteiger partial charge is 0.262 e. The monoisotopic (exact) mass is 366 g/mol. The molecule has 2 aromatic heterocycles. The van der Waals surface area contributed by atoms with E-state index in [1.165, 1.54) is 27.8 Å². The van der Waals surface area contributed by atoms with Crippen molar-refractivity contribution in [3.8, 4) is 0 Å². The molecule has 26 heavy (non-hydrogen) atoms. The second-order valence-electron chi connectivity index (χ2n) is 7.24. The number of benzene rings is 1. The van der Waals surface area contributed by atoms with Crippen LogP contribution in [-0.4, -0.2) is 15.3 Å². The van der Waals surface area contributed by atoms with E-state index in [1.54, 1.807) is 11.3 Å². The quantitative estimate of drug-likeness (QED) is 0.655. The van der Waals surface area contributed by atoms with Crippen LogP contribution >= 0.6 is 11.3 Å². The molecule has 0 saturated heterocycles. The Balaban J connectivity index is 1.74. The van der Waals surface area contributed by atoms with E-state index in [0.29, 0.717) is 5.56 Å². The summed E-state index contributed by atoms with van der Waals surface area (Å²) in [4.78, 5) is 32.4. The van der Waals surface area contributed by atoms with Crippen LogP contribution in [0.15, 0.2) is 23.3 Å². The third-order valence-electron chi connectivity index (χ3n) is 5.40. The highest BCUT2D eigenvalue weighted by Crippen LogP contribution is 2.33. The molecule has 4 nitrogen and oxygen atoms in total. The van der Waals surface area contributed by atoms with Crippen molar-refractivity contribution >= 4 is 27.3 Å². The third kappa shape index (κ3) is 2.80. The Morgan fingerprint density at radius 2 is 1.85 bits per heavy atom. The summed E-state index contributed by atoms with van der Waals surface area (Å²) in [5, 5.41) is 0.733. The van der Waals surface area contributed by atoms with E-state index in [1.807, 2.05) is 32.9 Å². The molecule has 1 aliphatic carbocycles. The minimum atomic E-state index is -0.0794. The van der Waals surface area contributed by atoms with Gasteiger partial charge in [-0.05, 0) is 74.8 Å². The molecule has 0 saturated carbocycles. The number of ketones is 1. The average Bonchev–Trinajstić information content (AvgIpc) is 2.99. The van der Waals surface area contributed by atoms with Gasteiger partial charge in [-0.2, -0.15) is 0 Å². The summed E-state index contributed by atoms with van der Waals surface area (Å²) < 4.78 is 1.47. The van der Waals surface area contributed by atoms with Gasteiger partial charge in [0.15, 0.2) is 5.78 Å². The zero-order valence-corrected chi connectivity index (χ0v) is 16.2. The van der Waals surface area contributed by atoms with Gasteiger partial charge in [-0.25, -0.2) is 4.98 Å². The summed E-state index contributed by atoms with van der Waals surface area (Å²) >= 11 is 1.63. The SMILES string of the molecule is Cc1cc(C)c(C(=O)Cn2cnc3sc4c(c3c2=O)CCCC4)cc1C. The van der Waals surface area contributed by atoms with E-state index >= 15 is 0 Å². The van der Waals surface area contributed by atoms with Gasteiger partial charge >= 0.3 is 0 Å². The minimum Gasteiger partial charge on any atom is -0.292 e. The van der Waals surface area contributed by atoms with Crippen molar-refractivity contribution in [1.82, 2.24) is 9.55 Å². The molecule has 0 N–H and O–H groups in total. The maximum atomic E-state index is 13.0. The Morgan fingerprint density at radius 1 is 1.12 bits per heavy atom. The molecule has 2 heterocycles. The van der Waals surface area contributed by atoms with Crippen molar-refractivity contribution in [1.29, 1.82) is 0 Å². The maximum absolute atomic E-state index is 13.0. The molecule has 4 rings (SSSR count). The number of fused-ring (bicyclic) bond motifs is 3. The summed E-state index contributed by atoms with van der Waals surface area (Å²) in [5.74, 6) is -0.0436. The molecule has 3 aromatic rings. The van der Waals surface area contributed by atoms with Gasteiger partial charge in [0, 0.05) is 10.4 Å². The lowest BCUT2D eigenvalue weighted by Gasteiger charge is -2.11. The van der Waals surface area contributed by atoms with Crippen LogP contribution in [0.1, 0.15) is 50.3 Å². The number of carbonyl (C=O) groups is 1. The van der Waals surface area contributed by atoms with Gasteiger partial charge in [0.2, 0.25) is 0 Å². The zero-order chi connectivity index (χ0) is 18.4. The van der Waals surface area contributed by atoms with Gasteiger partial charge in [-0.3, -0.25) is 14.2 Å². The van der Waals surface area contributed by atoms with E-state index in [9.17, 15) is 9.59 Å². The van der Waals surface area contributed by atoms with Crippen LogP contribution in [0.3, 0.4) is 0 Å². The highest BCUT2D eigenvalue weighted by Gasteiger charge is 2.21. The molecule has 134 valence electrons. The van der Waals surface area contributed by atoms with Gasteiger partial charge in [0.25, 0.3) is 5.56 Å². The number of hydrogen-bond acceptors (Lipinski definition) is 4.